The van der Waals surface area contributed by atoms with E-state index in [0.29, 0.717) is 18.0 Å². The fourth-order valence-electron chi connectivity index (χ4n) is 4.25. The molecule has 146 valence electrons. The van der Waals surface area contributed by atoms with Gasteiger partial charge in [0.2, 0.25) is 0 Å². The molecule has 5 nitrogen and oxygen atoms in total. The van der Waals surface area contributed by atoms with Gasteiger partial charge in [-0.2, -0.15) is 0 Å². The maximum atomic E-state index is 13.1. The van der Waals surface area contributed by atoms with Crippen molar-refractivity contribution in [2.45, 2.75) is 26.7 Å². The largest absolute Gasteiger partial charge is 0.493 e. The number of methoxy groups -OCH3 is 2. The zero-order chi connectivity index (χ0) is 19.8. The van der Waals surface area contributed by atoms with Crippen molar-refractivity contribution >= 4 is 16.8 Å². The number of hydrogen-bond acceptors (Lipinski definition) is 3. The fourth-order valence-corrected chi connectivity index (χ4v) is 4.25. The number of amides is 1. The van der Waals surface area contributed by atoms with Crippen LogP contribution in [0.3, 0.4) is 0 Å². The van der Waals surface area contributed by atoms with Crippen LogP contribution in [-0.2, 0) is 12.8 Å². The number of aryl methyl sites for hydroxylation is 2. The molecule has 5 heteroatoms. The summed E-state index contributed by atoms with van der Waals surface area (Å²) in [6.07, 6.45) is 1.66. The van der Waals surface area contributed by atoms with E-state index in [1.165, 1.54) is 22.1 Å². The zero-order valence-electron chi connectivity index (χ0n) is 16.9. The molecule has 4 rings (SSSR count). The summed E-state index contributed by atoms with van der Waals surface area (Å²) in [5, 5.41) is 1.22. The van der Waals surface area contributed by atoms with Gasteiger partial charge >= 0.3 is 0 Å². The minimum absolute atomic E-state index is 0.0926. The Hall–Kier alpha value is -2.95. The molecule has 3 aromatic rings. The number of benzene rings is 2. The van der Waals surface area contributed by atoms with Crippen molar-refractivity contribution in [1.29, 1.82) is 0 Å². The van der Waals surface area contributed by atoms with Crippen LogP contribution in [0, 0.1) is 13.8 Å². The first-order valence-corrected chi connectivity index (χ1v) is 9.63. The van der Waals surface area contributed by atoms with Gasteiger partial charge in [0, 0.05) is 24.0 Å². The summed E-state index contributed by atoms with van der Waals surface area (Å²) < 4.78 is 10.7. The van der Waals surface area contributed by atoms with Crippen LogP contribution >= 0.6 is 0 Å². The summed E-state index contributed by atoms with van der Waals surface area (Å²) in [5.74, 6) is 1.53. The van der Waals surface area contributed by atoms with Gasteiger partial charge < -0.3 is 19.4 Å². The van der Waals surface area contributed by atoms with E-state index in [1.54, 1.807) is 14.2 Å². The Kier molecular flexibility index (Phi) is 4.75. The van der Waals surface area contributed by atoms with Crippen molar-refractivity contribution in [2.24, 2.45) is 0 Å². The second kappa shape index (κ2) is 7.23. The monoisotopic (exact) mass is 378 g/mol. The highest BCUT2D eigenvalue weighted by molar-refractivity contribution is 6.03. The van der Waals surface area contributed by atoms with Crippen molar-refractivity contribution < 1.29 is 14.3 Å². The average molecular weight is 378 g/mol. The first-order valence-electron chi connectivity index (χ1n) is 9.63. The third-order valence-electron chi connectivity index (χ3n) is 5.59. The van der Waals surface area contributed by atoms with Crippen LogP contribution in [0.5, 0.6) is 11.5 Å². The Balaban J connectivity index is 1.55. The third kappa shape index (κ3) is 3.11. The Bertz CT molecular complexity index is 1050. The number of carbonyl (C=O) groups excluding carboxylic acids is 1. The van der Waals surface area contributed by atoms with E-state index < -0.39 is 0 Å². The highest BCUT2D eigenvalue weighted by atomic mass is 16.5. The molecule has 2 aromatic carbocycles. The van der Waals surface area contributed by atoms with Crippen molar-refractivity contribution in [2.75, 3.05) is 27.3 Å². The lowest BCUT2D eigenvalue weighted by Gasteiger charge is -2.27. The molecule has 0 aliphatic carbocycles. The molecule has 0 atom stereocenters. The van der Waals surface area contributed by atoms with E-state index in [4.69, 9.17) is 9.47 Å². The van der Waals surface area contributed by atoms with Crippen LogP contribution in [0.1, 0.15) is 32.7 Å². The van der Waals surface area contributed by atoms with Gasteiger partial charge in [0.05, 0.1) is 14.2 Å². The minimum Gasteiger partial charge on any atom is -0.493 e. The fraction of sp³-hybridized carbons (Fsp3) is 0.348. The summed E-state index contributed by atoms with van der Waals surface area (Å²) in [6.45, 7) is 5.64. The molecular weight excluding hydrogens is 352 g/mol. The number of nitrogens with one attached hydrogen (secondary N) is 1. The number of rotatable bonds is 5. The lowest BCUT2D eigenvalue weighted by atomic mass is 9.98. The van der Waals surface area contributed by atoms with Crippen LogP contribution in [0.4, 0.5) is 0 Å². The van der Waals surface area contributed by atoms with E-state index in [1.807, 2.05) is 23.1 Å². The molecular formula is C23H26N2O3. The highest BCUT2D eigenvalue weighted by Crippen LogP contribution is 2.31. The Morgan fingerprint density at radius 3 is 2.61 bits per heavy atom. The molecule has 1 aliphatic rings. The number of fused-ring (bicyclic) bond motifs is 3. The predicted molar refractivity (Wildman–Crippen MR) is 111 cm³/mol. The molecule has 0 spiro atoms. The molecule has 28 heavy (non-hydrogen) atoms. The smallest absolute Gasteiger partial charge is 0.270 e. The molecule has 0 fully saturated rings. The van der Waals surface area contributed by atoms with Crippen molar-refractivity contribution in [3.8, 4) is 11.5 Å². The Morgan fingerprint density at radius 1 is 1.07 bits per heavy atom. The number of aromatic nitrogens is 1. The second-order valence-electron chi connectivity index (χ2n) is 7.46. The van der Waals surface area contributed by atoms with E-state index in [2.05, 4.69) is 31.0 Å². The Labute approximate surface area is 165 Å². The van der Waals surface area contributed by atoms with Crippen LogP contribution in [0.2, 0.25) is 0 Å². The van der Waals surface area contributed by atoms with Gasteiger partial charge in [0.25, 0.3) is 5.91 Å². The normalized spacial score (nSPS) is 13.7. The predicted octanol–water partition coefficient (Wildman–Crippen LogP) is 4.04. The van der Waals surface area contributed by atoms with Gasteiger partial charge in [0.15, 0.2) is 11.5 Å². The SMILES string of the molecule is COc1ccc(CCN2CCc3c([nH]c4cc(C)cc(C)c34)C2=O)cc1OC. The van der Waals surface area contributed by atoms with Crippen LogP contribution in [0.25, 0.3) is 10.9 Å². The van der Waals surface area contributed by atoms with Gasteiger partial charge in [-0.25, -0.2) is 0 Å². The highest BCUT2D eigenvalue weighted by Gasteiger charge is 2.28. The van der Waals surface area contributed by atoms with Gasteiger partial charge in [0.1, 0.15) is 5.69 Å². The molecule has 1 aromatic heterocycles. The topological polar surface area (TPSA) is 54.6 Å². The molecule has 0 bridgehead atoms. The molecule has 1 amide bonds. The zero-order valence-corrected chi connectivity index (χ0v) is 16.9. The van der Waals surface area contributed by atoms with Crippen LogP contribution in [0.15, 0.2) is 30.3 Å². The van der Waals surface area contributed by atoms with Crippen LogP contribution in [-0.4, -0.2) is 43.1 Å². The molecule has 0 saturated heterocycles. The van der Waals surface area contributed by atoms with Gasteiger partial charge in [-0.3, -0.25) is 4.79 Å². The number of carbonyl (C=O) groups is 1. The summed E-state index contributed by atoms with van der Waals surface area (Å²) in [7, 11) is 3.27. The Morgan fingerprint density at radius 2 is 1.86 bits per heavy atom. The van der Waals surface area contributed by atoms with E-state index in [0.717, 1.165) is 36.2 Å². The average Bonchev–Trinajstić information content (AvgIpc) is 3.06. The number of nitrogens with zero attached hydrogens (tertiary/aromatic N) is 1. The molecule has 1 N–H and O–H groups in total. The molecule has 1 aliphatic heterocycles. The van der Waals surface area contributed by atoms with Crippen LogP contribution < -0.4 is 9.47 Å². The lowest BCUT2D eigenvalue weighted by molar-refractivity contribution is 0.0737. The van der Waals surface area contributed by atoms with Crippen molar-refractivity contribution in [3.05, 3.63) is 58.3 Å². The maximum absolute atomic E-state index is 13.1. The molecule has 0 radical (unpaired) electrons. The summed E-state index contributed by atoms with van der Waals surface area (Å²) in [6, 6.07) is 10.2. The second-order valence-corrected chi connectivity index (χ2v) is 7.46. The number of ether oxygens (including phenoxy) is 2. The van der Waals surface area contributed by atoms with E-state index in [-0.39, 0.29) is 5.91 Å². The summed E-state index contributed by atoms with van der Waals surface area (Å²) in [5.41, 5.74) is 6.56. The first kappa shape index (κ1) is 18.4. The van der Waals surface area contributed by atoms with Gasteiger partial charge in [-0.15, -0.1) is 0 Å². The third-order valence-corrected chi connectivity index (χ3v) is 5.59. The summed E-state index contributed by atoms with van der Waals surface area (Å²) in [4.78, 5) is 18.4. The molecule has 2 heterocycles. The maximum Gasteiger partial charge on any atom is 0.270 e. The quantitative estimate of drug-likeness (QED) is 0.729. The van der Waals surface area contributed by atoms with Gasteiger partial charge in [-0.1, -0.05) is 12.1 Å². The van der Waals surface area contributed by atoms with Crippen molar-refractivity contribution in [3.63, 3.8) is 0 Å². The van der Waals surface area contributed by atoms with E-state index in [9.17, 15) is 4.79 Å². The van der Waals surface area contributed by atoms with Crippen molar-refractivity contribution in [1.82, 2.24) is 9.88 Å². The molecule has 0 unspecified atom stereocenters. The number of aromatic amines is 1. The number of H-pyrrole nitrogens is 1. The van der Waals surface area contributed by atoms with E-state index >= 15 is 0 Å². The standard InChI is InChI=1S/C23H26N2O3/c1-14-11-15(2)21-17-8-10-25(23(26)22(17)24-18(21)12-14)9-7-16-5-6-19(27-3)20(13-16)28-4/h5-6,11-13,24H,7-10H2,1-4H3. The summed E-state index contributed by atoms with van der Waals surface area (Å²) >= 11 is 0. The molecule has 0 saturated carbocycles. The van der Waals surface area contributed by atoms with Gasteiger partial charge in [-0.05, 0) is 67.1 Å². The minimum atomic E-state index is 0.0926. The lowest BCUT2D eigenvalue weighted by Crippen LogP contribution is -2.38. The first-order chi connectivity index (χ1) is 13.5. The number of hydrogen-bond donors (Lipinski definition) is 1.